The van der Waals surface area contributed by atoms with Crippen LogP contribution in [0.1, 0.15) is 11.1 Å². The van der Waals surface area contributed by atoms with Crippen molar-refractivity contribution >= 4 is 22.4 Å². The number of rotatable bonds is 5. The monoisotopic (exact) mass is 306 g/mol. The fourth-order valence-electron chi connectivity index (χ4n) is 2.64. The summed E-state index contributed by atoms with van der Waals surface area (Å²) in [6.07, 6.45) is 0. The Morgan fingerprint density at radius 3 is 2.65 bits per heavy atom. The molecule has 0 saturated heterocycles. The molecular weight excluding hydrogens is 284 g/mol. The summed E-state index contributed by atoms with van der Waals surface area (Å²) in [5, 5.41) is 4.58. The molecule has 0 aliphatic carbocycles. The average Bonchev–Trinajstić information content (AvgIpc) is 2.52. The summed E-state index contributed by atoms with van der Waals surface area (Å²) in [5.74, 6) is 0.555. The molecule has 3 N–H and O–H groups in total. The summed E-state index contributed by atoms with van der Waals surface area (Å²) >= 11 is 0. The van der Waals surface area contributed by atoms with Gasteiger partial charge in [0.25, 0.3) is 0 Å². The van der Waals surface area contributed by atoms with E-state index in [0.717, 1.165) is 29.7 Å². The molecule has 4 heteroatoms. The minimum Gasteiger partial charge on any atom is -0.384 e. The van der Waals surface area contributed by atoms with E-state index in [4.69, 9.17) is 5.73 Å². The second kappa shape index (κ2) is 6.67. The van der Waals surface area contributed by atoms with Gasteiger partial charge in [0.2, 0.25) is 0 Å². The summed E-state index contributed by atoms with van der Waals surface area (Å²) < 4.78 is 0. The molecule has 0 fully saturated rings. The van der Waals surface area contributed by atoms with E-state index < -0.39 is 0 Å². The van der Waals surface area contributed by atoms with Crippen molar-refractivity contribution in [3.8, 4) is 0 Å². The van der Waals surface area contributed by atoms with Gasteiger partial charge in [-0.05, 0) is 55.6 Å². The van der Waals surface area contributed by atoms with Gasteiger partial charge in [-0.2, -0.15) is 0 Å². The predicted molar refractivity (Wildman–Crippen MR) is 97.3 cm³/mol. The van der Waals surface area contributed by atoms with Crippen LogP contribution in [0.3, 0.4) is 0 Å². The Bertz CT molecular complexity index is 811. The van der Waals surface area contributed by atoms with Gasteiger partial charge in [-0.3, -0.25) is 0 Å². The number of benzene rings is 2. The maximum absolute atomic E-state index is 5.76. The number of nitrogens with zero attached hydrogens (tertiary/aromatic N) is 2. The Morgan fingerprint density at radius 2 is 1.83 bits per heavy atom. The van der Waals surface area contributed by atoms with Crippen molar-refractivity contribution in [1.29, 1.82) is 0 Å². The number of pyridine rings is 1. The minimum absolute atomic E-state index is 0.555. The molecule has 2 aromatic carbocycles. The SMILES string of the molecule is CN(C)Cc1cccc(NCc2ccc3ccc(N)nc3c2)c1. The lowest BCUT2D eigenvalue weighted by molar-refractivity contribution is 0.402. The van der Waals surface area contributed by atoms with Crippen LogP contribution in [0, 0.1) is 0 Å². The summed E-state index contributed by atoms with van der Waals surface area (Å²) in [7, 11) is 4.15. The first kappa shape index (κ1) is 15.3. The zero-order chi connectivity index (χ0) is 16.2. The topological polar surface area (TPSA) is 54.2 Å². The van der Waals surface area contributed by atoms with Crippen LogP contribution in [0.15, 0.2) is 54.6 Å². The molecule has 0 unspecified atom stereocenters. The molecule has 0 amide bonds. The van der Waals surface area contributed by atoms with E-state index in [9.17, 15) is 0 Å². The molecule has 3 aromatic rings. The zero-order valence-electron chi connectivity index (χ0n) is 13.6. The van der Waals surface area contributed by atoms with Gasteiger partial charge in [-0.15, -0.1) is 0 Å². The van der Waals surface area contributed by atoms with Crippen molar-refractivity contribution < 1.29 is 0 Å². The molecule has 0 saturated carbocycles. The molecule has 1 heterocycles. The number of hydrogen-bond donors (Lipinski definition) is 2. The van der Waals surface area contributed by atoms with Crippen molar-refractivity contribution in [2.24, 2.45) is 0 Å². The first-order chi connectivity index (χ1) is 11.1. The van der Waals surface area contributed by atoms with Gasteiger partial charge < -0.3 is 16.0 Å². The van der Waals surface area contributed by atoms with Gasteiger partial charge in [0.1, 0.15) is 5.82 Å². The first-order valence-electron chi connectivity index (χ1n) is 7.73. The highest BCUT2D eigenvalue weighted by molar-refractivity contribution is 5.80. The third-order valence-electron chi connectivity index (χ3n) is 3.70. The maximum Gasteiger partial charge on any atom is 0.124 e. The number of nitrogen functional groups attached to an aromatic ring is 1. The Morgan fingerprint density at radius 1 is 1.00 bits per heavy atom. The molecule has 0 aliphatic rings. The van der Waals surface area contributed by atoms with E-state index in [0.29, 0.717) is 5.82 Å². The Hall–Kier alpha value is -2.59. The van der Waals surface area contributed by atoms with Gasteiger partial charge in [0.05, 0.1) is 5.52 Å². The average molecular weight is 306 g/mol. The van der Waals surface area contributed by atoms with E-state index in [1.54, 1.807) is 0 Å². The van der Waals surface area contributed by atoms with E-state index >= 15 is 0 Å². The lowest BCUT2D eigenvalue weighted by atomic mass is 10.1. The van der Waals surface area contributed by atoms with Crippen LogP contribution < -0.4 is 11.1 Å². The third kappa shape index (κ3) is 3.99. The lowest BCUT2D eigenvalue weighted by Crippen LogP contribution is -2.10. The van der Waals surface area contributed by atoms with E-state index in [1.807, 2.05) is 12.1 Å². The molecule has 118 valence electrons. The summed E-state index contributed by atoms with van der Waals surface area (Å²) in [5.41, 5.74) is 10.3. The van der Waals surface area contributed by atoms with Crippen molar-refractivity contribution in [1.82, 2.24) is 9.88 Å². The molecule has 0 bridgehead atoms. The van der Waals surface area contributed by atoms with Gasteiger partial charge in [0, 0.05) is 24.2 Å². The standard InChI is InChI=1S/C19H22N4/c1-23(2)13-15-4-3-5-17(10-15)21-12-14-6-7-16-8-9-19(20)22-18(16)11-14/h3-11,21H,12-13H2,1-2H3,(H2,20,22). The molecule has 0 aliphatic heterocycles. The maximum atomic E-state index is 5.76. The fourth-order valence-corrected chi connectivity index (χ4v) is 2.64. The number of fused-ring (bicyclic) bond motifs is 1. The minimum atomic E-state index is 0.555. The van der Waals surface area contributed by atoms with Crippen molar-refractivity contribution in [2.45, 2.75) is 13.1 Å². The Labute approximate surface area is 136 Å². The molecule has 0 radical (unpaired) electrons. The van der Waals surface area contributed by atoms with Gasteiger partial charge >= 0.3 is 0 Å². The van der Waals surface area contributed by atoms with Crippen LogP contribution in [0.5, 0.6) is 0 Å². The van der Waals surface area contributed by atoms with Crippen molar-refractivity contribution in [2.75, 3.05) is 25.1 Å². The van der Waals surface area contributed by atoms with Gasteiger partial charge in [0.15, 0.2) is 0 Å². The third-order valence-corrected chi connectivity index (χ3v) is 3.70. The van der Waals surface area contributed by atoms with Crippen LogP contribution in [0.2, 0.25) is 0 Å². The molecule has 0 spiro atoms. The Balaban J connectivity index is 1.73. The van der Waals surface area contributed by atoms with Crippen LogP contribution in [0.25, 0.3) is 10.9 Å². The van der Waals surface area contributed by atoms with Crippen LogP contribution in [-0.4, -0.2) is 24.0 Å². The first-order valence-corrected chi connectivity index (χ1v) is 7.73. The number of nitrogens with two attached hydrogens (primary N) is 1. The van der Waals surface area contributed by atoms with Crippen LogP contribution in [-0.2, 0) is 13.1 Å². The zero-order valence-corrected chi connectivity index (χ0v) is 13.6. The molecule has 4 nitrogen and oxygen atoms in total. The van der Waals surface area contributed by atoms with Crippen LogP contribution >= 0.6 is 0 Å². The summed E-state index contributed by atoms with van der Waals surface area (Å²) in [6.45, 7) is 1.70. The summed E-state index contributed by atoms with van der Waals surface area (Å²) in [6, 6.07) is 18.6. The second-order valence-corrected chi connectivity index (χ2v) is 6.05. The second-order valence-electron chi connectivity index (χ2n) is 6.05. The molecule has 1 aromatic heterocycles. The largest absolute Gasteiger partial charge is 0.384 e. The highest BCUT2D eigenvalue weighted by Gasteiger charge is 2.01. The van der Waals surface area contributed by atoms with Crippen molar-refractivity contribution in [3.05, 3.63) is 65.7 Å². The van der Waals surface area contributed by atoms with Gasteiger partial charge in [-0.1, -0.05) is 24.3 Å². The molecular formula is C19H22N4. The Kier molecular flexibility index (Phi) is 4.44. The predicted octanol–water partition coefficient (Wildman–Crippen LogP) is 3.49. The molecule has 23 heavy (non-hydrogen) atoms. The van der Waals surface area contributed by atoms with Crippen LogP contribution in [0.4, 0.5) is 11.5 Å². The number of anilines is 2. The molecule has 3 rings (SSSR count). The van der Waals surface area contributed by atoms with E-state index in [1.165, 1.54) is 11.1 Å². The fraction of sp³-hybridized carbons (Fsp3) is 0.211. The lowest BCUT2D eigenvalue weighted by Gasteiger charge is -2.12. The normalized spacial score (nSPS) is 11.1. The van der Waals surface area contributed by atoms with E-state index in [-0.39, 0.29) is 0 Å². The number of nitrogens with one attached hydrogen (secondary N) is 1. The van der Waals surface area contributed by atoms with Gasteiger partial charge in [-0.25, -0.2) is 4.98 Å². The molecule has 0 atom stereocenters. The highest BCUT2D eigenvalue weighted by atomic mass is 15.0. The summed E-state index contributed by atoms with van der Waals surface area (Å²) in [4.78, 5) is 6.55. The smallest absolute Gasteiger partial charge is 0.124 e. The quantitative estimate of drug-likeness (QED) is 0.757. The highest BCUT2D eigenvalue weighted by Crippen LogP contribution is 2.17. The number of hydrogen-bond acceptors (Lipinski definition) is 4. The number of aromatic nitrogens is 1. The van der Waals surface area contributed by atoms with Crippen molar-refractivity contribution in [3.63, 3.8) is 0 Å². The van der Waals surface area contributed by atoms with E-state index in [2.05, 4.69) is 71.8 Å².